The number of carbonyl (C=O) groups is 1. The van der Waals surface area contributed by atoms with Gasteiger partial charge in [0.1, 0.15) is 0 Å². The molecule has 3 nitrogen and oxygen atoms in total. The van der Waals surface area contributed by atoms with Crippen molar-refractivity contribution >= 4 is 21.7 Å². The van der Waals surface area contributed by atoms with E-state index < -0.39 is 5.97 Å². The van der Waals surface area contributed by atoms with Gasteiger partial charge in [0.2, 0.25) is 0 Å². The number of carboxylic acids is 1. The normalized spacial score (nSPS) is 12.1. The molecule has 3 N–H and O–H groups in total. The molecule has 0 saturated heterocycles. The summed E-state index contributed by atoms with van der Waals surface area (Å²) in [6, 6.07) is 0. The van der Waals surface area contributed by atoms with Gasteiger partial charge >= 0.3 is 115 Å². The average Bonchev–Trinajstić information content (AvgIpc) is 2.63. The van der Waals surface area contributed by atoms with Crippen molar-refractivity contribution in [2.75, 3.05) is 0 Å². The van der Waals surface area contributed by atoms with E-state index in [1.54, 1.807) is 0 Å². The molecule has 0 bridgehead atoms. The third-order valence-corrected chi connectivity index (χ3v) is 8.18. The number of aliphatic carboxylic acids is 1. The Hall–Kier alpha value is -0.0116. The van der Waals surface area contributed by atoms with Crippen LogP contribution in [0.25, 0.3) is 0 Å². The van der Waals surface area contributed by atoms with Crippen LogP contribution in [-0.4, -0.2) is 31.7 Å². The molecule has 0 rings (SSSR count). The summed E-state index contributed by atoms with van der Waals surface area (Å²) < 4.78 is 0. The van der Waals surface area contributed by atoms with Crippen LogP contribution in [0.2, 0.25) is 5.21 Å². The molecule has 0 aromatic heterocycles. The van der Waals surface area contributed by atoms with Gasteiger partial charge in [-0.3, -0.25) is 4.79 Å². The number of hydrogen-bond donors (Lipinski definition) is 2. The van der Waals surface area contributed by atoms with Gasteiger partial charge in [-0.1, -0.05) is 39.0 Å². The van der Waals surface area contributed by atoms with Gasteiger partial charge in [-0.15, -0.1) is 0 Å². The molecular formula is C23H50AsNO2. The van der Waals surface area contributed by atoms with Gasteiger partial charge in [-0.25, -0.2) is 0 Å². The molecule has 0 aliphatic heterocycles. The van der Waals surface area contributed by atoms with Gasteiger partial charge in [0.05, 0.1) is 0 Å². The van der Waals surface area contributed by atoms with Crippen molar-refractivity contribution in [3.63, 3.8) is 0 Å². The molecule has 0 amide bonds. The molecule has 0 aromatic rings. The Morgan fingerprint density at radius 1 is 0.741 bits per heavy atom. The molecule has 0 radical (unpaired) electrons. The van der Waals surface area contributed by atoms with E-state index >= 15 is 0 Å². The minimum atomic E-state index is -0.833. The first-order chi connectivity index (χ1) is 13.0. The Balaban J connectivity index is 0. The van der Waals surface area contributed by atoms with Crippen molar-refractivity contribution in [2.45, 2.75) is 140 Å². The standard InChI is InChI=1S/C21H46AsN.C2H4O2/c1-3-5-6-7-8-9-10-11-12-13-14-15-16-17-18-19-20-22-21(23)4-2;1-2(3)4/h21-22H,3-20,23H2,1-2H3;1H3,(H,3,4). The summed E-state index contributed by atoms with van der Waals surface area (Å²) in [7, 11) is 0. The van der Waals surface area contributed by atoms with E-state index in [2.05, 4.69) is 13.8 Å². The molecule has 0 heterocycles. The average molecular weight is 448 g/mol. The monoisotopic (exact) mass is 447 g/mol. The van der Waals surface area contributed by atoms with Crippen molar-refractivity contribution in [2.24, 2.45) is 5.73 Å². The van der Waals surface area contributed by atoms with Crippen LogP contribution in [0.15, 0.2) is 0 Å². The molecule has 0 aliphatic carbocycles. The quantitative estimate of drug-likeness (QED) is 0.167. The van der Waals surface area contributed by atoms with Crippen LogP contribution in [0.4, 0.5) is 0 Å². The first-order valence-corrected chi connectivity index (χ1v) is 14.4. The van der Waals surface area contributed by atoms with Gasteiger partial charge in [0, 0.05) is 6.92 Å². The van der Waals surface area contributed by atoms with E-state index in [0.29, 0.717) is 4.83 Å². The number of rotatable bonds is 19. The Morgan fingerprint density at radius 3 is 1.33 bits per heavy atom. The van der Waals surface area contributed by atoms with Crippen LogP contribution in [0, 0.1) is 0 Å². The minimum absolute atomic E-state index is 0.167. The number of nitrogens with two attached hydrogens (primary N) is 1. The number of hydrogen-bond acceptors (Lipinski definition) is 2. The van der Waals surface area contributed by atoms with E-state index in [-0.39, 0.29) is 15.8 Å². The van der Waals surface area contributed by atoms with E-state index in [1.165, 1.54) is 114 Å². The van der Waals surface area contributed by atoms with Gasteiger partial charge in [-0.05, 0) is 0 Å². The second kappa shape index (κ2) is 26.0. The second-order valence-electron chi connectivity index (χ2n) is 7.79. The van der Waals surface area contributed by atoms with Crippen LogP contribution >= 0.6 is 0 Å². The molecule has 2 unspecified atom stereocenters. The van der Waals surface area contributed by atoms with E-state index in [0.717, 1.165) is 6.92 Å². The van der Waals surface area contributed by atoms with Crippen molar-refractivity contribution in [1.29, 1.82) is 0 Å². The van der Waals surface area contributed by atoms with Gasteiger partial charge < -0.3 is 5.11 Å². The first kappa shape index (κ1) is 29.2. The molecule has 27 heavy (non-hydrogen) atoms. The van der Waals surface area contributed by atoms with E-state index in [4.69, 9.17) is 15.6 Å². The third kappa shape index (κ3) is 33.9. The Labute approximate surface area is 177 Å². The second-order valence-corrected chi connectivity index (χ2v) is 11.3. The van der Waals surface area contributed by atoms with Crippen molar-refractivity contribution in [3.05, 3.63) is 0 Å². The summed E-state index contributed by atoms with van der Waals surface area (Å²) >= 11 is 0.167. The van der Waals surface area contributed by atoms with Crippen LogP contribution in [0.1, 0.15) is 130 Å². The Morgan fingerprint density at radius 2 is 1.04 bits per heavy atom. The van der Waals surface area contributed by atoms with Crippen LogP contribution in [-0.2, 0) is 4.79 Å². The summed E-state index contributed by atoms with van der Waals surface area (Å²) in [4.78, 5) is 9.58. The maximum atomic E-state index is 9.00. The summed E-state index contributed by atoms with van der Waals surface area (Å²) in [6.45, 7) is 5.60. The fraction of sp³-hybridized carbons (Fsp3) is 0.957. The van der Waals surface area contributed by atoms with Crippen LogP contribution in [0.3, 0.4) is 0 Å². The van der Waals surface area contributed by atoms with Gasteiger partial charge in [-0.2, -0.15) is 0 Å². The molecule has 2 atom stereocenters. The SMILES string of the molecule is CC(=O)O.CCCCCCCCCCCCCCCCCC[AsH]C(N)CC. The Kier molecular flexibility index (Phi) is 28.1. The van der Waals surface area contributed by atoms with Crippen molar-refractivity contribution in [3.8, 4) is 0 Å². The third-order valence-electron chi connectivity index (χ3n) is 4.88. The summed E-state index contributed by atoms with van der Waals surface area (Å²) in [5, 5.41) is 8.88. The van der Waals surface area contributed by atoms with Gasteiger partial charge in [0.15, 0.2) is 0 Å². The van der Waals surface area contributed by atoms with Crippen LogP contribution < -0.4 is 5.73 Å². The molecule has 0 aromatic carbocycles. The zero-order valence-corrected chi connectivity index (χ0v) is 20.8. The molecular weight excluding hydrogens is 397 g/mol. The molecule has 0 fully saturated rings. The topological polar surface area (TPSA) is 63.3 Å². The Bertz CT molecular complexity index is 284. The van der Waals surface area contributed by atoms with Crippen molar-refractivity contribution in [1.82, 2.24) is 0 Å². The van der Waals surface area contributed by atoms with E-state index in [1.807, 2.05) is 0 Å². The zero-order chi connectivity index (χ0) is 20.6. The van der Waals surface area contributed by atoms with Gasteiger partial charge in [0.25, 0.3) is 5.97 Å². The predicted molar refractivity (Wildman–Crippen MR) is 123 cm³/mol. The fourth-order valence-electron chi connectivity index (χ4n) is 3.10. The molecule has 0 spiro atoms. The molecule has 0 saturated carbocycles. The summed E-state index contributed by atoms with van der Waals surface area (Å²) in [6.07, 6.45) is 24.6. The fourth-order valence-corrected chi connectivity index (χ4v) is 5.44. The van der Waals surface area contributed by atoms with Crippen LogP contribution in [0.5, 0.6) is 0 Å². The number of unbranched alkanes of at least 4 members (excludes halogenated alkanes) is 15. The first-order valence-electron chi connectivity index (χ1n) is 11.7. The summed E-state index contributed by atoms with van der Waals surface area (Å²) in [5.74, 6) is -0.833. The summed E-state index contributed by atoms with van der Waals surface area (Å²) in [5.41, 5.74) is 5.99. The number of carboxylic acid groups (broad SMARTS) is 1. The molecule has 0 aliphatic rings. The zero-order valence-electron chi connectivity index (χ0n) is 18.7. The maximum absolute atomic E-state index is 9.00. The predicted octanol–water partition coefficient (Wildman–Crippen LogP) is 6.89. The molecule has 4 heteroatoms. The van der Waals surface area contributed by atoms with Crippen molar-refractivity contribution < 1.29 is 9.90 Å². The van der Waals surface area contributed by atoms with E-state index in [9.17, 15) is 0 Å². The molecule has 164 valence electrons.